The second kappa shape index (κ2) is 7.46. The van der Waals surface area contributed by atoms with E-state index < -0.39 is 0 Å². The Bertz CT molecular complexity index is 370. The Labute approximate surface area is 111 Å². The van der Waals surface area contributed by atoms with Gasteiger partial charge in [0.05, 0.1) is 0 Å². The lowest BCUT2D eigenvalue weighted by molar-refractivity contribution is 0.936. The first kappa shape index (κ1) is 12.6. The average Bonchev–Trinajstić information content (AvgIpc) is 2.41. The van der Waals surface area contributed by atoms with E-state index in [1.807, 2.05) is 21.6 Å². The number of hydrogen-bond acceptors (Lipinski definition) is 2. The predicted molar refractivity (Wildman–Crippen MR) is 79.5 cm³/mol. The van der Waals surface area contributed by atoms with Gasteiger partial charge in [0.25, 0.3) is 0 Å². The fourth-order valence-corrected chi connectivity index (χ4v) is 3.66. The average molecular weight is 260 g/mol. The highest BCUT2D eigenvalue weighted by atomic mass is 33.1. The monoisotopic (exact) mass is 260 g/mol. The Morgan fingerprint density at radius 2 is 1.41 bits per heavy atom. The summed E-state index contributed by atoms with van der Waals surface area (Å²) in [7, 11) is 3.81. The van der Waals surface area contributed by atoms with Crippen molar-refractivity contribution < 1.29 is 0 Å². The number of rotatable bonds is 6. The highest BCUT2D eigenvalue weighted by Gasteiger charge is 1.95. The Morgan fingerprint density at radius 1 is 0.765 bits per heavy atom. The van der Waals surface area contributed by atoms with Crippen molar-refractivity contribution in [1.82, 2.24) is 0 Å². The summed E-state index contributed by atoms with van der Waals surface area (Å²) in [5.74, 6) is 1.20. The summed E-state index contributed by atoms with van der Waals surface area (Å²) in [6.07, 6.45) is 2.43. The molecule has 0 aliphatic heterocycles. The molecule has 2 heteroatoms. The van der Waals surface area contributed by atoms with Crippen LogP contribution in [0.2, 0.25) is 0 Å². The molecule has 0 N–H and O–H groups in total. The minimum atomic E-state index is 1.18. The fraction of sp³-hybridized carbons (Fsp3) is 0.200. The van der Waals surface area contributed by atoms with Gasteiger partial charge in [-0.25, -0.2) is 0 Å². The molecule has 0 bridgehead atoms. The summed E-state index contributed by atoms with van der Waals surface area (Å²) in [5, 5.41) is 0. The SMILES string of the molecule is c1ccc(CCCSSc2ccccc2)cc1. The van der Waals surface area contributed by atoms with Gasteiger partial charge in [0.1, 0.15) is 0 Å². The molecule has 0 spiro atoms. The zero-order chi connectivity index (χ0) is 11.8. The van der Waals surface area contributed by atoms with Crippen LogP contribution in [-0.2, 0) is 6.42 Å². The largest absolute Gasteiger partial charge is 0.0889 e. The summed E-state index contributed by atoms with van der Waals surface area (Å²) < 4.78 is 0. The number of hydrogen-bond donors (Lipinski definition) is 0. The van der Waals surface area contributed by atoms with Gasteiger partial charge in [0.15, 0.2) is 0 Å². The van der Waals surface area contributed by atoms with Gasteiger partial charge in [-0.1, -0.05) is 70.1 Å². The predicted octanol–water partition coefficient (Wildman–Crippen LogP) is 5.06. The molecule has 0 saturated heterocycles. The zero-order valence-corrected chi connectivity index (χ0v) is 11.3. The van der Waals surface area contributed by atoms with Crippen molar-refractivity contribution in [2.75, 3.05) is 5.75 Å². The zero-order valence-electron chi connectivity index (χ0n) is 9.71. The van der Waals surface area contributed by atoms with Crippen LogP contribution < -0.4 is 0 Å². The third-order valence-electron chi connectivity index (χ3n) is 2.43. The molecule has 2 aromatic rings. The van der Waals surface area contributed by atoms with Crippen LogP contribution in [0.1, 0.15) is 12.0 Å². The molecule has 0 aromatic heterocycles. The lowest BCUT2D eigenvalue weighted by Gasteiger charge is -2.01. The number of benzene rings is 2. The second-order valence-electron chi connectivity index (χ2n) is 3.81. The summed E-state index contributed by atoms with van der Waals surface area (Å²) >= 11 is 0. The lowest BCUT2D eigenvalue weighted by Crippen LogP contribution is -1.85. The first-order chi connectivity index (χ1) is 8.45. The van der Waals surface area contributed by atoms with Gasteiger partial charge in [-0.05, 0) is 30.5 Å². The van der Waals surface area contributed by atoms with Gasteiger partial charge in [0, 0.05) is 10.6 Å². The first-order valence-electron chi connectivity index (χ1n) is 5.83. The maximum Gasteiger partial charge on any atom is 0.0182 e. The van der Waals surface area contributed by atoms with Gasteiger partial charge in [0.2, 0.25) is 0 Å². The highest BCUT2D eigenvalue weighted by Crippen LogP contribution is 2.31. The minimum absolute atomic E-state index is 1.18. The first-order valence-corrected chi connectivity index (χ1v) is 8.15. The molecule has 17 heavy (non-hydrogen) atoms. The third kappa shape index (κ3) is 4.88. The maximum atomic E-state index is 2.20. The van der Waals surface area contributed by atoms with Crippen LogP contribution in [-0.4, -0.2) is 5.75 Å². The van der Waals surface area contributed by atoms with Crippen molar-refractivity contribution in [3.05, 3.63) is 66.2 Å². The van der Waals surface area contributed by atoms with Crippen LogP contribution in [0.3, 0.4) is 0 Å². The van der Waals surface area contributed by atoms with Gasteiger partial charge < -0.3 is 0 Å². The van der Waals surface area contributed by atoms with Gasteiger partial charge in [-0.2, -0.15) is 0 Å². The van der Waals surface area contributed by atoms with Crippen molar-refractivity contribution in [2.24, 2.45) is 0 Å². The van der Waals surface area contributed by atoms with Crippen molar-refractivity contribution in [3.63, 3.8) is 0 Å². The Balaban J connectivity index is 1.61. The summed E-state index contributed by atoms with van der Waals surface area (Å²) in [5.41, 5.74) is 1.44. The molecular weight excluding hydrogens is 244 g/mol. The lowest BCUT2D eigenvalue weighted by atomic mass is 10.1. The molecular formula is C15H16S2. The van der Waals surface area contributed by atoms with Gasteiger partial charge in [-0.15, -0.1) is 0 Å². The van der Waals surface area contributed by atoms with Gasteiger partial charge in [-0.3, -0.25) is 0 Å². The normalized spacial score (nSPS) is 10.4. The molecule has 0 radical (unpaired) electrons. The molecule has 2 rings (SSSR count). The van der Waals surface area contributed by atoms with Crippen LogP contribution in [0.15, 0.2) is 65.6 Å². The topological polar surface area (TPSA) is 0 Å². The van der Waals surface area contributed by atoms with Crippen molar-refractivity contribution in [1.29, 1.82) is 0 Å². The van der Waals surface area contributed by atoms with E-state index in [9.17, 15) is 0 Å². The summed E-state index contributed by atoms with van der Waals surface area (Å²) in [6.45, 7) is 0. The molecule has 0 unspecified atom stereocenters. The Morgan fingerprint density at radius 3 is 2.12 bits per heavy atom. The summed E-state index contributed by atoms with van der Waals surface area (Å²) in [6, 6.07) is 21.3. The van der Waals surface area contributed by atoms with Crippen molar-refractivity contribution in [2.45, 2.75) is 17.7 Å². The summed E-state index contributed by atoms with van der Waals surface area (Å²) in [4.78, 5) is 1.34. The van der Waals surface area contributed by atoms with E-state index in [4.69, 9.17) is 0 Å². The molecule has 0 atom stereocenters. The van der Waals surface area contributed by atoms with E-state index in [2.05, 4.69) is 60.7 Å². The van der Waals surface area contributed by atoms with E-state index in [-0.39, 0.29) is 0 Å². The fourth-order valence-electron chi connectivity index (χ4n) is 1.57. The minimum Gasteiger partial charge on any atom is -0.0889 e. The van der Waals surface area contributed by atoms with E-state index in [0.717, 1.165) is 0 Å². The maximum absolute atomic E-state index is 2.20. The standard InChI is InChI=1S/C15H16S2/c1-3-8-14(9-4-1)10-7-13-16-17-15-11-5-2-6-12-15/h1-6,8-9,11-12H,7,10,13H2. The van der Waals surface area contributed by atoms with E-state index in [1.165, 1.54) is 29.1 Å². The van der Waals surface area contributed by atoms with Crippen LogP contribution in [0, 0.1) is 0 Å². The second-order valence-corrected chi connectivity index (χ2v) is 6.30. The molecule has 0 nitrogen and oxygen atoms in total. The molecule has 0 saturated carbocycles. The van der Waals surface area contributed by atoms with Crippen LogP contribution in [0.4, 0.5) is 0 Å². The Kier molecular flexibility index (Phi) is 5.53. The Hall–Kier alpha value is -0.860. The quantitative estimate of drug-likeness (QED) is 0.526. The molecule has 0 aliphatic carbocycles. The van der Waals surface area contributed by atoms with Crippen LogP contribution >= 0.6 is 21.6 Å². The van der Waals surface area contributed by atoms with Crippen LogP contribution in [0.25, 0.3) is 0 Å². The van der Waals surface area contributed by atoms with E-state index in [0.29, 0.717) is 0 Å². The molecule has 88 valence electrons. The molecule has 0 heterocycles. The van der Waals surface area contributed by atoms with Gasteiger partial charge >= 0.3 is 0 Å². The van der Waals surface area contributed by atoms with Crippen LogP contribution in [0.5, 0.6) is 0 Å². The third-order valence-corrected chi connectivity index (χ3v) is 4.90. The molecule has 0 aliphatic rings. The highest BCUT2D eigenvalue weighted by molar-refractivity contribution is 8.76. The van der Waals surface area contributed by atoms with E-state index >= 15 is 0 Å². The number of aryl methyl sites for hydroxylation is 1. The van der Waals surface area contributed by atoms with Crippen molar-refractivity contribution in [3.8, 4) is 0 Å². The van der Waals surface area contributed by atoms with Crippen molar-refractivity contribution >= 4 is 21.6 Å². The van der Waals surface area contributed by atoms with E-state index in [1.54, 1.807) is 0 Å². The molecule has 2 aromatic carbocycles. The molecule has 0 fully saturated rings. The smallest absolute Gasteiger partial charge is 0.0182 e. The molecule has 0 amide bonds.